The van der Waals surface area contributed by atoms with Crippen LogP contribution in [0, 0.1) is 12.3 Å². The maximum Gasteiger partial charge on any atom is 0.228 e. The van der Waals surface area contributed by atoms with Crippen molar-refractivity contribution in [2.75, 3.05) is 33.4 Å². The minimum absolute atomic E-state index is 0.155. The summed E-state index contributed by atoms with van der Waals surface area (Å²) >= 11 is 0. The normalized spacial score (nSPS) is 21.7. The van der Waals surface area contributed by atoms with Gasteiger partial charge in [0.15, 0.2) is 0 Å². The molecule has 0 radical (unpaired) electrons. The van der Waals surface area contributed by atoms with E-state index in [9.17, 15) is 4.79 Å². The van der Waals surface area contributed by atoms with E-state index in [0.717, 1.165) is 45.3 Å². The topological polar surface area (TPSA) is 50.4 Å². The van der Waals surface area contributed by atoms with Gasteiger partial charge in [0, 0.05) is 19.1 Å². The van der Waals surface area contributed by atoms with Crippen LogP contribution in [0.4, 0.5) is 0 Å². The van der Waals surface area contributed by atoms with Gasteiger partial charge in [-0.05, 0) is 56.8 Å². The fourth-order valence-corrected chi connectivity index (χ4v) is 3.92. The number of ether oxygens (including phenoxy) is 1. The highest BCUT2D eigenvalue weighted by atomic mass is 16.5. The van der Waals surface area contributed by atoms with E-state index in [1.807, 2.05) is 0 Å². The molecule has 3 rings (SSSR count). The van der Waals surface area contributed by atoms with E-state index in [1.54, 1.807) is 7.11 Å². The Morgan fingerprint density at radius 3 is 2.52 bits per heavy atom. The van der Waals surface area contributed by atoms with Gasteiger partial charge in [-0.3, -0.25) is 4.79 Å². The van der Waals surface area contributed by atoms with E-state index < -0.39 is 0 Å². The van der Waals surface area contributed by atoms with Crippen LogP contribution in [0.3, 0.4) is 0 Å². The molecule has 1 saturated carbocycles. The highest BCUT2D eigenvalue weighted by molar-refractivity contribution is 5.83. The molecule has 1 amide bonds. The number of benzene rings is 1. The van der Waals surface area contributed by atoms with Gasteiger partial charge >= 0.3 is 0 Å². The van der Waals surface area contributed by atoms with Gasteiger partial charge in [-0.2, -0.15) is 0 Å². The summed E-state index contributed by atoms with van der Waals surface area (Å²) in [7, 11) is 1.69. The number of methoxy groups -OCH3 is 1. The lowest BCUT2D eigenvalue weighted by Gasteiger charge is -2.36. The van der Waals surface area contributed by atoms with Crippen LogP contribution in [-0.2, 0) is 14.9 Å². The summed E-state index contributed by atoms with van der Waals surface area (Å²) in [5.41, 5.74) is 2.52. The summed E-state index contributed by atoms with van der Waals surface area (Å²) in [5.74, 6) is 0.167. The number of rotatable bonds is 6. The average Bonchev–Trinajstić information content (AvgIpc) is 3.35. The van der Waals surface area contributed by atoms with Gasteiger partial charge in [0.2, 0.25) is 5.91 Å². The molecule has 0 bridgehead atoms. The molecule has 0 unspecified atom stereocenters. The predicted molar refractivity (Wildman–Crippen MR) is 91.5 cm³/mol. The van der Waals surface area contributed by atoms with Gasteiger partial charge in [-0.15, -0.1) is 0 Å². The number of nitrogens with one attached hydrogen (secondary N) is 2. The summed E-state index contributed by atoms with van der Waals surface area (Å²) in [5, 5.41) is 6.60. The van der Waals surface area contributed by atoms with Crippen LogP contribution in [0.2, 0.25) is 0 Å². The van der Waals surface area contributed by atoms with Gasteiger partial charge in [0.1, 0.15) is 0 Å². The van der Waals surface area contributed by atoms with Gasteiger partial charge in [0.05, 0.1) is 12.0 Å². The smallest absolute Gasteiger partial charge is 0.228 e. The van der Waals surface area contributed by atoms with Crippen LogP contribution in [0.15, 0.2) is 24.3 Å². The number of carbonyl (C=O) groups excluding carboxylic acids is 1. The van der Waals surface area contributed by atoms with Gasteiger partial charge in [0.25, 0.3) is 0 Å². The van der Waals surface area contributed by atoms with E-state index in [0.29, 0.717) is 6.61 Å². The largest absolute Gasteiger partial charge is 0.384 e. The molecule has 1 aliphatic carbocycles. The summed E-state index contributed by atoms with van der Waals surface area (Å²) in [6.45, 7) is 5.20. The van der Waals surface area contributed by atoms with Crippen LogP contribution in [-0.4, -0.2) is 39.3 Å². The molecule has 0 atom stereocenters. The van der Waals surface area contributed by atoms with Crippen molar-refractivity contribution in [3.8, 4) is 0 Å². The van der Waals surface area contributed by atoms with E-state index in [-0.39, 0.29) is 16.7 Å². The Balaban J connectivity index is 1.67. The van der Waals surface area contributed by atoms with Crippen molar-refractivity contribution in [1.82, 2.24) is 10.6 Å². The Morgan fingerprint density at radius 2 is 1.91 bits per heavy atom. The molecule has 2 aliphatic rings. The first-order valence-corrected chi connectivity index (χ1v) is 8.66. The Bertz CT molecular complexity index is 555. The van der Waals surface area contributed by atoms with E-state index in [2.05, 4.69) is 41.8 Å². The maximum absolute atomic E-state index is 12.9. The Labute approximate surface area is 139 Å². The molecule has 0 spiro atoms. The molecule has 1 aromatic carbocycles. The van der Waals surface area contributed by atoms with Crippen molar-refractivity contribution < 1.29 is 9.53 Å². The quantitative estimate of drug-likeness (QED) is 0.845. The van der Waals surface area contributed by atoms with Gasteiger partial charge in [-0.25, -0.2) is 0 Å². The number of aryl methyl sites for hydroxylation is 1. The van der Waals surface area contributed by atoms with Crippen LogP contribution >= 0.6 is 0 Å². The van der Waals surface area contributed by atoms with E-state index in [4.69, 9.17) is 4.74 Å². The molecule has 0 aromatic heterocycles. The molecule has 126 valence electrons. The third kappa shape index (κ3) is 3.29. The first-order chi connectivity index (χ1) is 11.1. The third-order valence-corrected chi connectivity index (χ3v) is 5.62. The lowest BCUT2D eigenvalue weighted by Crippen LogP contribution is -2.51. The second-order valence-electron chi connectivity index (χ2n) is 7.24. The van der Waals surface area contributed by atoms with Gasteiger partial charge < -0.3 is 15.4 Å². The van der Waals surface area contributed by atoms with Crippen LogP contribution < -0.4 is 10.6 Å². The number of amides is 1. The number of carbonyl (C=O) groups is 1. The standard InChI is InChI=1S/C19H28N2O2/c1-15-5-3-4-6-16(15)18(7-8-18)13-21-17(22)19(14-23-2)9-11-20-12-10-19/h3-6,20H,7-14H2,1-2H3,(H,21,22). The SMILES string of the molecule is COCC1(C(=O)NCC2(c3ccccc3C)CC2)CCNCC1. The van der Waals surface area contributed by atoms with Gasteiger partial charge in [-0.1, -0.05) is 24.3 Å². The monoisotopic (exact) mass is 316 g/mol. The highest BCUT2D eigenvalue weighted by Gasteiger charge is 2.47. The molecule has 1 heterocycles. The lowest BCUT2D eigenvalue weighted by molar-refractivity contribution is -0.136. The molecule has 23 heavy (non-hydrogen) atoms. The summed E-state index contributed by atoms with van der Waals surface area (Å²) in [6, 6.07) is 8.56. The third-order valence-electron chi connectivity index (χ3n) is 5.62. The predicted octanol–water partition coefficient (Wildman–Crippen LogP) is 2.16. The molecule has 1 aromatic rings. The lowest BCUT2D eigenvalue weighted by atomic mass is 9.78. The first kappa shape index (κ1) is 16.5. The fraction of sp³-hybridized carbons (Fsp3) is 0.632. The van der Waals surface area contributed by atoms with Crippen molar-refractivity contribution >= 4 is 5.91 Å². The molecule has 1 aliphatic heterocycles. The van der Waals surface area contributed by atoms with Crippen LogP contribution in [0.1, 0.15) is 36.8 Å². The molecular weight excluding hydrogens is 288 g/mol. The average molecular weight is 316 g/mol. The zero-order valence-electron chi connectivity index (χ0n) is 14.3. The summed E-state index contributed by atoms with van der Waals surface area (Å²) in [4.78, 5) is 12.9. The van der Waals surface area contributed by atoms with Crippen LogP contribution in [0.25, 0.3) is 0 Å². The molecule has 2 fully saturated rings. The van der Waals surface area contributed by atoms with Crippen molar-refractivity contribution in [3.05, 3.63) is 35.4 Å². The van der Waals surface area contributed by atoms with E-state index in [1.165, 1.54) is 11.1 Å². The molecule has 4 nitrogen and oxygen atoms in total. The van der Waals surface area contributed by atoms with Crippen molar-refractivity contribution in [1.29, 1.82) is 0 Å². The van der Waals surface area contributed by atoms with Crippen molar-refractivity contribution in [3.63, 3.8) is 0 Å². The first-order valence-electron chi connectivity index (χ1n) is 8.66. The number of hydrogen-bond donors (Lipinski definition) is 2. The molecule has 1 saturated heterocycles. The maximum atomic E-state index is 12.9. The Morgan fingerprint density at radius 1 is 1.22 bits per heavy atom. The molecule has 2 N–H and O–H groups in total. The zero-order valence-corrected chi connectivity index (χ0v) is 14.3. The second kappa shape index (κ2) is 6.62. The summed E-state index contributed by atoms with van der Waals surface area (Å²) in [6.07, 6.45) is 4.03. The van der Waals surface area contributed by atoms with Crippen LogP contribution in [0.5, 0.6) is 0 Å². The highest BCUT2D eigenvalue weighted by Crippen LogP contribution is 2.48. The summed E-state index contributed by atoms with van der Waals surface area (Å²) < 4.78 is 5.37. The minimum atomic E-state index is -0.359. The van der Waals surface area contributed by atoms with Crippen molar-refractivity contribution in [2.45, 2.75) is 38.0 Å². The Kier molecular flexibility index (Phi) is 4.74. The van der Waals surface area contributed by atoms with Crippen molar-refractivity contribution in [2.24, 2.45) is 5.41 Å². The minimum Gasteiger partial charge on any atom is -0.384 e. The fourth-order valence-electron chi connectivity index (χ4n) is 3.92. The zero-order chi connectivity index (χ0) is 16.3. The van der Waals surface area contributed by atoms with E-state index >= 15 is 0 Å². The number of hydrogen-bond acceptors (Lipinski definition) is 3. The Hall–Kier alpha value is -1.39. The molecular formula is C19H28N2O2. The second-order valence-corrected chi connectivity index (χ2v) is 7.24. The number of piperidine rings is 1. The molecule has 4 heteroatoms.